The minimum absolute atomic E-state index is 0.340. The number of piperidine rings is 1. The molecule has 2 heteroatoms. The normalized spacial score (nSPS) is 21.1. The van der Waals surface area contributed by atoms with E-state index in [0.717, 1.165) is 12.1 Å². The third-order valence-corrected chi connectivity index (χ3v) is 4.08. The Morgan fingerprint density at radius 1 is 1.21 bits per heavy atom. The van der Waals surface area contributed by atoms with Crippen LogP contribution in [-0.2, 0) is 6.54 Å². The van der Waals surface area contributed by atoms with Crippen molar-refractivity contribution in [1.29, 1.82) is 5.26 Å². The maximum atomic E-state index is 8.84. The van der Waals surface area contributed by atoms with E-state index in [0.29, 0.717) is 11.5 Å². The van der Waals surface area contributed by atoms with E-state index in [9.17, 15) is 0 Å². The minimum Gasteiger partial charge on any atom is -0.296 e. The van der Waals surface area contributed by atoms with Crippen LogP contribution in [0.5, 0.6) is 0 Å². The van der Waals surface area contributed by atoms with Gasteiger partial charge in [-0.25, -0.2) is 0 Å². The van der Waals surface area contributed by atoms with E-state index in [-0.39, 0.29) is 0 Å². The van der Waals surface area contributed by atoms with E-state index < -0.39 is 0 Å². The molecule has 0 bridgehead atoms. The van der Waals surface area contributed by atoms with Gasteiger partial charge in [-0.15, -0.1) is 0 Å². The highest BCUT2D eigenvalue weighted by atomic mass is 15.2. The lowest BCUT2D eigenvalue weighted by Gasteiger charge is -2.43. The lowest BCUT2D eigenvalue weighted by molar-refractivity contribution is 0.0574. The summed E-state index contributed by atoms with van der Waals surface area (Å²) < 4.78 is 0. The Kier molecular flexibility index (Phi) is 4.27. The van der Waals surface area contributed by atoms with E-state index in [1.54, 1.807) is 0 Å². The first kappa shape index (κ1) is 14.1. The Balaban J connectivity index is 2.09. The van der Waals surface area contributed by atoms with Gasteiger partial charge < -0.3 is 0 Å². The number of nitrogens with zero attached hydrogens (tertiary/aromatic N) is 2. The molecular weight excluding hydrogens is 232 g/mol. The molecule has 1 saturated heterocycles. The molecule has 1 unspecified atom stereocenters. The van der Waals surface area contributed by atoms with Crippen molar-refractivity contribution in [3.05, 3.63) is 35.4 Å². The molecule has 1 fully saturated rings. The van der Waals surface area contributed by atoms with Crippen LogP contribution in [0.3, 0.4) is 0 Å². The molecule has 1 aromatic carbocycles. The lowest BCUT2D eigenvalue weighted by Crippen LogP contribution is -2.46. The van der Waals surface area contributed by atoms with E-state index in [1.165, 1.54) is 31.4 Å². The van der Waals surface area contributed by atoms with Gasteiger partial charge in [0.05, 0.1) is 11.6 Å². The van der Waals surface area contributed by atoms with Crippen LogP contribution in [0.4, 0.5) is 0 Å². The van der Waals surface area contributed by atoms with Gasteiger partial charge in [0.15, 0.2) is 0 Å². The Morgan fingerprint density at radius 3 is 2.47 bits per heavy atom. The summed E-state index contributed by atoms with van der Waals surface area (Å²) in [5, 5.41) is 8.84. The number of likely N-dealkylation sites (tertiary alicyclic amines) is 1. The fourth-order valence-electron chi connectivity index (χ4n) is 3.08. The number of benzene rings is 1. The van der Waals surface area contributed by atoms with Gasteiger partial charge in [0, 0.05) is 12.6 Å². The van der Waals surface area contributed by atoms with Gasteiger partial charge >= 0.3 is 0 Å². The first-order valence-electron chi connectivity index (χ1n) is 7.24. The van der Waals surface area contributed by atoms with Crippen molar-refractivity contribution < 1.29 is 0 Å². The second kappa shape index (κ2) is 5.75. The van der Waals surface area contributed by atoms with Crippen LogP contribution in [0, 0.1) is 16.7 Å². The third-order valence-electron chi connectivity index (χ3n) is 4.08. The van der Waals surface area contributed by atoms with Crippen LogP contribution in [0.25, 0.3) is 0 Å². The van der Waals surface area contributed by atoms with Crippen LogP contribution in [0.1, 0.15) is 51.2 Å². The zero-order chi connectivity index (χ0) is 13.9. The van der Waals surface area contributed by atoms with Crippen molar-refractivity contribution in [2.45, 2.75) is 52.6 Å². The summed E-state index contributed by atoms with van der Waals surface area (Å²) in [6.45, 7) is 9.23. The molecule has 0 amide bonds. The van der Waals surface area contributed by atoms with E-state index >= 15 is 0 Å². The van der Waals surface area contributed by atoms with Crippen LogP contribution >= 0.6 is 0 Å². The maximum absolute atomic E-state index is 8.84. The largest absolute Gasteiger partial charge is 0.296 e. The fourth-order valence-corrected chi connectivity index (χ4v) is 3.08. The zero-order valence-electron chi connectivity index (χ0n) is 12.3. The van der Waals surface area contributed by atoms with Crippen LogP contribution in [-0.4, -0.2) is 17.5 Å². The first-order chi connectivity index (χ1) is 9.00. The summed E-state index contributed by atoms with van der Waals surface area (Å²) in [4.78, 5) is 2.62. The molecule has 1 aliphatic rings. The molecule has 0 saturated carbocycles. The van der Waals surface area contributed by atoms with Crippen molar-refractivity contribution in [2.75, 3.05) is 6.54 Å². The summed E-state index contributed by atoms with van der Waals surface area (Å²) >= 11 is 0. The predicted octanol–water partition coefficient (Wildman–Crippen LogP) is 3.96. The zero-order valence-corrected chi connectivity index (χ0v) is 12.3. The van der Waals surface area contributed by atoms with Crippen molar-refractivity contribution in [3.8, 4) is 6.07 Å². The molecular formula is C17H24N2. The summed E-state index contributed by atoms with van der Waals surface area (Å²) in [6.07, 6.45) is 3.97. The molecule has 0 aliphatic carbocycles. The quantitative estimate of drug-likeness (QED) is 0.801. The van der Waals surface area contributed by atoms with Crippen LogP contribution in [0.2, 0.25) is 0 Å². The number of nitriles is 1. The molecule has 1 atom stereocenters. The second-order valence-corrected chi connectivity index (χ2v) is 6.66. The molecule has 0 radical (unpaired) electrons. The Labute approximate surface area is 117 Å². The Morgan fingerprint density at radius 2 is 1.89 bits per heavy atom. The molecule has 0 N–H and O–H groups in total. The molecule has 0 spiro atoms. The third kappa shape index (κ3) is 3.58. The van der Waals surface area contributed by atoms with E-state index in [4.69, 9.17) is 5.26 Å². The van der Waals surface area contributed by atoms with Gasteiger partial charge in [0.1, 0.15) is 0 Å². The number of hydrogen-bond acceptors (Lipinski definition) is 2. The van der Waals surface area contributed by atoms with Gasteiger partial charge in [-0.1, -0.05) is 39.3 Å². The Bertz CT molecular complexity index is 448. The summed E-state index contributed by atoms with van der Waals surface area (Å²) in [6, 6.07) is 10.9. The van der Waals surface area contributed by atoms with Gasteiger partial charge in [-0.2, -0.15) is 5.26 Å². The van der Waals surface area contributed by atoms with Crippen molar-refractivity contribution in [1.82, 2.24) is 4.90 Å². The van der Waals surface area contributed by atoms with Crippen LogP contribution < -0.4 is 0 Å². The first-order valence-corrected chi connectivity index (χ1v) is 7.24. The predicted molar refractivity (Wildman–Crippen MR) is 78.7 cm³/mol. The summed E-state index contributed by atoms with van der Waals surface area (Å²) in [7, 11) is 0. The molecule has 1 aromatic rings. The highest BCUT2D eigenvalue weighted by Gasteiger charge is 2.32. The average molecular weight is 256 g/mol. The fraction of sp³-hybridized carbons (Fsp3) is 0.588. The van der Waals surface area contributed by atoms with Gasteiger partial charge in [-0.05, 0) is 42.5 Å². The maximum Gasteiger partial charge on any atom is 0.0991 e. The van der Waals surface area contributed by atoms with E-state index in [2.05, 4.69) is 43.9 Å². The smallest absolute Gasteiger partial charge is 0.0991 e. The topological polar surface area (TPSA) is 27.0 Å². The summed E-state index contributed by atoms with van der Waals surface area (Å²) in [5.74, 6) is 0. The highest BCUT2D eigenvalue weighted by molar-refractivity contribution is 5.31. The molecule has 2 nitrogen and oxygen atoms in total. The molecule has 19 heavy (non-hydrogen) atoms. The molecule has 1 heterocycles. The minimum atomic E-state index is 0.340. The monoisotopic (exact) mass is 256 g/mol. The van der Waals surface area contributed by atoms with Crippen molar-refractivity contribution >= 4 is 0 Å². The SMILES string of the molecule is CC(C)(C)C1CCCCN1Cc1ccc(C#N)cc1. The number of hydrogen-bond donors (Lipinski definition) is 0. The van der Waals surface area contributed by atoms with Gasteiger partial charge in [0.2, 0.25) is 0 Å². The van der Waals surface area contributed by atoms with Gasteiger partial charge in [-0.3, -0.25) is 4.90 Å². The molecule has 102 valence electrons. The standard InChI is InChI=1S/C17H24N2/c1-17(2,3)16-6-4-5-11-19(16)13-15-9-7-14(12-18)8-10-15/h7-10,16H,4-6,11,13H2,1-3H3. The Hall–Kier alpha value is -1.33. The average Bonchev–Trinajstić information content (AvgIpc) is 2.39. The van der Waals surface area contributed by atoms with E-state index in [1.807, 2.05) is 12.1 Å². The van der Waals surface area contributed by atoms with Gasteiger partial charge in [0.25, 0.3) is 0 Å². The molecule has 2 rings (SSSR count). The second-order valence-electron chi connectivity index (χ2n) is 6.66. The number of rotatable bonds is 2. The van der Waals surface area contributed by atoms with Crippen molar-refractivity contribution in [3.63, 3.8) is 0 Å². The summed E-state index contributed by atoms with van der Waals surface area (Å²) in [5.41, 5.74) is 2.40. The highest BCUT2D eigenvalue weighted by Crippen LogP contribution is 2.32. The molecule has 0 aromatic heterocycles. The van der Waals surface area contributed by atoms with Crippen molar-refractivity contribution in [2.24, 2.45) is 5.41 Å². The lowest BCUT2D eigenvalue weighted by atomic mass is 9.80. The van der Waals surface area contributed by atoms with Crippen LogP contribution in [0.15, 0.2) is 24.3 Å². The molecule has 1 aliphatic heterocycles.